The van der Waals surface area contributed by atoms with Crippen molar-refractivity contribution in [1.82, 2.24) is 0 Å². The molecule has 0 aliphatic carbocycles. The van der Waals surface area contributed by atoms with Crippen LogP contribution in [0.2, 0.25) is 0 Å². The van der Waals surface area contributed by atoms with Crippen LogP contribution in [0.3, 0.4) is 0 Å². The lowest BCUT2D eigenvalue weighted by molar-refractivity contribution is 0.413. The van der Waals surface area contributed by atoms with Gasteiger partial charge in [-0.25, -0.2) is 4.39 Å². The lowest BCUT2D eigenvalue weighted by Crippen LogP contribution is -2.00. The molecule has 0 saturated carbocycles. The Hall–Kier alpha value is -2.39. The summed E-state index contributed by atoms with van der Waals surface area (Å²) in [5.74, 6) is 0.106. The van der Waals surface area contributed by atoms with Crippen molar-refractivity contribution in [2.45, 2.75) is 10.6 Å². The lowest BCUT2D eigenvalue weighted by atomic mass is 10.1. The van der Waals surface area contributed by atoms with Crippen molar-refractivity contribution in [1.29, 1.82) is 5.26 Å². The highest BCUT2D eigenvalue weighted by Gasteiger charge is 2.10. The number of halogens is 1. The summed E-state index contributed by atoms with van der Waals surface area (Å²) in [6, 6.07) is 10.8. The first-order valence-corrected chi connectivity index (χ1v) is 7.37. The summed E-state index contributed by atoms with van der Waals surface area (Å²) in [6.45, 7) is 0. The van der Waals surface area contributed by atoms with Crippen LogP contribution in [-0.4, -0.2) is 11.3 Å². The number of nitrogen functional groups attached to an aromatic ring is 1. The summed E-state index contributed by atoms with van der Waals surface area (Å²) in [4.78, 5) is 0.321. The molecule has 0 amide bonds. The Labute approximate surface area is 124 Å². The minimum absolute atomic E-state index is 0.168. The van der Waals surface area contributed by atoms with Gasteiger partial charge in [0.15, 0.2) is 0 Å². The van der Waals surface area contributed by atoms with Gasteiger partial charge >= 0.3 is 0 Å². The molecule has 0 aliphatic rings. The monoisotopic (exact) mass is 304 g/mol. The van der Waals surface area contributed by atoms with Crippen molar-refractivity contribution in [3.63, 3.8) is 0 Å². The molecule has 21 heavy (non-hydrogen) atoms. The fourth-order valence-electron chi connectivity index (χ4n) is 1.88. The van der Waals surface area contributed by atoms with Crippen molar-refractivity contribution in [3.8, 4) is 11.8 Å². The molecule has 6 heteroatoms. The summed E-state index contributed by atoms with van der Waals surface area (Å²) < 4.78 is 30.6. The van der Waals surface area contributed by atoms with Crippen LogP contribution in [0.5, 0.6) is 5.75 Å². The summed E-state index contributed by atoms with van der Waals surface area (Å²) in [6.07, 6.45) is 0. The molecule has 0 heterocycles. The zero-order valence-corrected chi connectivity index (χ0v) is 12.1. The molecule has 0 aromatic heterocycles. The number of hydrogen-bond donors (Lipinski definition) is 1. The molecule has 0 aliphatic heterocycles. The smallest absolute Gasteiger partial charge is 0.136 e. The zero-order valence-electron chi connectivity index (χ0n) is 11.3. The second kappa shape index (κ2) is 6.37. The quantitative estimate of drug-likeness (QED) is 0.881. The topological polar surface area (TPSA) is 76.1 Å². The van der Waals surface area contributed by atoms with Gasteiger partial charge in [-0.3, -0.25) is 4.21 Å². The molecule has 1 atom stereocenters. The second-order valence-electron chi connectivity index (χ2n) is 4.36. The van der Waals surface area contributed by atoms with Gasteiger partial charge in [-0.15, -0.1) is 0 Å². The first kappa shape index (κ1) is 15.0. The maximum Gasteiger partial charge on any atom is 0.136 e. The number of anilines is 1. The van der Waals surface area contributed by atoms with Gasteiger partial charge in [0.25, 0.3) is 0 Å². The highest BCUT2D eigenvalue weighted by atomic mass is 32.2. The van der Waals surface area contributed by atoms with E-state index in [0.717, 1.165) is 0 Å². The summed E-state index contributed by atoms with van der Waals surface area (Å²) in [5, 5.41) is 9.03. The number of benzene rings is 2. The van der Waals surface area contributed by atoms with Crippen molar-refractivity contribution in [2.24, 2.45) is 0 Å². The molecule has 108 valence electrons. The normalized spacial score (nSPS) is 11.7. The Morgan fingerprint density at radius 3 is 2.71 bits per heavy atom. The van der Waals surface area contributed by atoms with Crippen LogP contribution in [0.15, 0.2) is 41.3 Å². The number of nitrogens with two attached hydrogens (primary N) is 1. The molecule has 0 spiro atoms. The minimum Gasteiger partial charge on any atom is -0.495 e. The van der Waals surface area contributed by atoms with Gasteiger partial charge in [-0.2, -0.15) is 5.26 Å². The molecule has 1 unspecified atom stereocenters. The Kier molecular flexibility index (Phi) is 4.55. The van der Waals surface area contributed by atoms with Gasteiger partial charge in [0, 0.05) is 10.6 Å². The highest BCUT2D eigenvalue weighted by Crippen LogP contribution is 2.22. The third-order valence-electron chi connectivity index (χ3n) is 2.84. The highest BCUT2D eigenvalue weighted by molar-refractivity contribution is 7.84. The van der Waals surface area contributed by atoms with Crippen LogP contribution in [0.4, 0.5) is 10.1 Å². The van der Waals surface area contributed by atoms with Crippen LogP contribution >= 0.6 is 0 Å². The van der Waals surface area contributed by atoms with E-state index in [1.807, 2.05) is 6.07 Å². The van der Waals surface area contributed by atoms with E-state index in [2.05, 4.69) is 0 Å². The van der Waals surface area contributed by atoms with Crippen molar-refractivity contribution in [2.75, 3.05) is 12.8 Å². The molecule has 4 nitrogen and oxygen atoms in total. The Morgan fingerprint density at radius 2 is 2.10 bits per heavy atom. The number of nitriles is 1. The molecule has 0 bridgehead atoms. The molecule has 0 saturated heterocycles. The molecule has 2 N–H and O–H groups in total. The molecule has 2 aromatic rings. The van der Waals surface area contributed by atoms with E-state index in [9.17, 15) is 8.60 Å². The van der Waals surface area contributed by atoms with Crippen molar-refractivity contribution < 1.29 is 13.3 Å². The minimum atomic E-state index is -1.44. The van der Waals surface area contributed by atoms with Crippen LogP contribution in [-0.2, 0) is 16.6 Å². The van der Waals surface area contributed by atoms with E-state index in [1.54, 1.807) is 18.2 Å². The first-order valence-electron chi connectivity index (χ1n) is 6.05. The molecule has 2 aromatic carbocycles. The van der Waals surface area contributed by atoms with E-state index in [1.165, 1.54) is 25.3 Å². The maximum atomic E-state index is 13.3. The SMILES string of the molecule is COc1ccc(CS(=O)c2cc(N)cc(F)c2)cc1C#N. The Balaban J connectivity index is 2.25. The number of nitrogens with zero attached hydrogens (tertiary/aromatic N) is 1. The largest absolute Gasteiger partial charge is 0.495 e. The average Bonchev–Trinajstić information content (AvgIpc) is 2.46. The van der Waals surface area contributed by atoms with E-state index < -0.39 is 16.6 Å². The van der Waals surface area contributed by atoms with Crippen LogP contribution < -0.4 is 10.5 Å². The number of hydrogen-bond acceptors (Lipinski definition) is 4. The molecule has 2 rings (SSSR count). The molecular weight excluding hydrogens is 291 g/mol. The van der Waals surface area contributed by atoms with E-state index in [0.29, 0.717) is 21.8 Å². The van der Waals surface area contributed by atoms with Crippen LogP contribution in [0.1, 0.15) is 11.1 Å². The number of ether oxygens (including phenoxy) is 1. The zero-order chi connectivity index (χ0) is 15.4. The van der Waals surface area contributed by atoms with E-state index in [-0.39, 0.29) is 11.4 Å². The predicted molar refractivity (Wildman–Crippen MR) is 78.6 cm³/mol. The first-order chi connectivity index (χ1) is 10.0. The summed E-state index contributed by atoms with van der Waals surface area (Å²) in [5.41, 5.74) is 6.84. The van der Waals surface area contributed by atoms with Gasteiger partial charge in [-0.05, 0) is 35.9 Å². The Bertz CT molecular complexity index is 721. The summed E-state index contributed by atoms with van der Waals surface area (Å²) in [7, 11) is 0.0317. The van der Waals surface area contributed by atoms with Crippen molar-refractivity contribution >= 4 is 16.5 Å². The lowest BCUT2D eigenvalue weighted by Gasteiger charge is -2.07. The van der Waals surface area contributed by atoms with Gasteiger partial charge in [0.05, 0.1) is 29.2 Å². The molecule has 0 radical (unpaired) electrons. The second-order valence-corrected chi connectivity index (χ2v) is 5.81. The van der Waals surface area contributed by atoms with Gasteiger partial charge in [0.2, 0.25) is 0 Å². The average molecular weight is 304 g/mol. The third kappa shape index (κ3) is 3.58. The number of methoxy groups -OCH3 is 1. The van der Waals surface area contributed by atoms with Crippen molar-refractivity contribution in [3.05, 3.63) is 53.3 Å². The van der Waals surface area contributed by atoms with Gasteiger partial charge in [-0.1, -0.05) is 6.07 Å². The Morgan fingerprint density at radius 1 is 1.33 bits per heavy atom. The van der Waals surface area contributed by atoms with Gasteiger partial charge in [0.1, 0.15) is 17.6 Å². The fourth-order valence-corrected chi connectivity index (χ4v) is 3.04. The molecule has 0 fully saturated rings. The standard InChI is InChI=1S/C15H13FN2O2S/c1-20-15-3-2-10(4-11(15)8-17)9-21(19)14-6-12(16)5-13(18)7-14/h2-7H,9,18H2,1H3. The van der Waals surface area contributed by atoms with E-state index in [4.69, 9.17) is 15.7 Å². The van der Waals surface area contributed by atoms with E-state index >= 15 is 0 Å². The predicted octanol–water partition coefficient (Wildman–Crippen LogP) is 2.60. The maximum absolute atomic E-state index is 13.3. The molecular formula is C15H13FN2O2S. The van der Waals surface area contributed by atoms with Crippen LogP contribution in [0, 0.1) is 17.1 Å². The number of rotatable bonds is 4. The fraction of sp³-hybridized carbons (Fsp3) is 0.133. The van der Waals surface area contributed by atoms with Crippen LogP contribution in [0.25, 0.3) is 0 Å². The summed E-state index contributed by atoms with van der Waals surface area (Å²) >= 11 is 0. The van der Waals surface area contributed by atoms with Gasteiger partial charge < -0.3 is 10.5 Å². The third-order valence-corrected chi connectivity index (χ3v) is 4.20.